The van der Waals surface area contributed by atoms with Crippen LogP contribution in [0.5, 0.6) is 0 Å². The lowest BCUT2D eigenvalue weighted by Gasteiger charge is -2.07. The maximum Gasteiger partial charge on any atom is 0.337 e. The molecule has 3 N–H and O–H groups in total. The molecule has 4 nitrogen and oxygen atoms in total. The van der Waals surface area contributed by atoms with Crippen LogP contribution < -0.4 is 5.73 Å². The largest absolute Gasteiger partial charge is 0.478 e. The van der Waals surface area contributed by atoms with Gasteiger partial charge in [-0.1, -0.05) is 18.2 Å². The summed E-state index contributed by atoms with van der Waals surface area (Å²) in [4.78, 5) is 14.6. The molecule has 86 valence electrons. The molecule has 0 unspecified atom stereocenters. The Labute approximate surface area is 96.5 Å². The zero-order valence-electron chi connectivity index (χ0n) is 8.72. The standard InChI is InChI=1S/C12H9FN2O2/c13-10-4-2-1-3-8(10)9-5-7(12(16)17)6-15-11(9)14/h1-6H,(H2,14,15)(H,16,17). The van der Waals surface area contributed by atoms with Crippen molar-refractivity contribution in [1.82, 2.24) is 4.98 Å². The number of nitrogens with zero attached hydrogens (tertiary/aromatic N) is 1. The summed E-state index contributed by atoms with van der Waals surface area (Å²) in [5, 5.41) is 8.84. The highest BCUT2D eigenvalue weighted by atomic mass is 19.1. The second-order valence-corrected chi connectivity index (χ2v) is 3.44. The lowest BCUT2D eigenvalue weighted by Crippen LogP contribution is -2.02. The summed E-state index contributed by atoms with van der Waals surface area (Å²) in [6.45, 7) is 0. The van der Waals surface area contributed by atoms with E-state index >= 15 is 0 Å². The van der Waals surface area contributed by atoms with Crippen molar-refractivity contribution < 1.29 is 14.3 Å². The van der Waals surface area contributed by atoms with Crippen molar-refractivity contribution in [3.63, 3.8) is 0 Å². The minimum Gasteiger partial charge on any atom is -0.478 e. The van der Waals surface area contributed by atoms with Gasteiger partial charge in [-0.25, -0.2) is 14.2 Å². The molecule has 1 aromatic heterocycles. The highest BCUT2D eigenvalue weighted by Crippen LogP contribution is 2.27. The van der Waals surface area contributed by atoms with Crippen LogP contribution in [-0.2, 0) is 0 Å². The minimum atomic E-state index is -1.13. The lowest BCUT2D eigenvalue weighted by atomic mass is 10.0. The fraction of sp³-hybridized carbons (Fsp3) is 0. The fourth-order valence-electron chi connectivity index (χ4n) is 1.49. The molecule has 0 bridgehead atoms. The van der Waals surface area contributed by atoms with Gasteiger partial charge in [0.15, 0.2) is 0 Å². The molecule has 0 amide bonds. The van der Waals surface area contributed by atoms with Crippen LogP contribution in [0.25, 0.3) is 11.1 Å². The Bertz CT molecular complexity index is 584. The number of carbonyl (C=O) groups is 1. The van der Waals surface area contributed by atoms with E-state index in [1.165, 1.54) is 18.2 Å². The maximum absolute atomic E-state index is 13.6. The Hall–Kier alpha value is -2.43. The number of carboxylic acids is 1. The van der Waals surface area contributed by atoms with Crippen LogP contribution in [-0.4, -0.2) is 16.1 Å². The van der Waals surface area contributed by atoms with Gasteiger partial charge in [0, 0.05) is 17.3 Å². The zero-order valence-corrected chi connectivity index (χ0v) is 8.72. The Morgan fingerprint density at radius 1 is 1.29 bits per heavy atom. The van der Waals surface area contributed by atoms with Crippen molar-refractivity contribution in [3.8, 4) is 11.1 Å². The molecule has 0 atom stereocenters. The molecular formula is C12H9FN2O2. The zero-order chi connectivity index (χ0) is 12.4. The smallest absolute Gasteiger partial charge is 0.337 e. The first-order valence-electron chi connectivity index (χ1n) is 4.83. The quantitative estimate of drug-likeness (QED) is 0.831. The highest BCUT2D eigenvalue weighted by molar-refractivity contribution is 5.90. The van der Waals surface area contributed by atoms with E-state index in [1.54, 1.807) is 12.1 Å². The molecule has 0 spiro atoms. The van der Waals surface area contributed by atoms with Crippen LogP contribution in [0.1, 0.15) is 10.4 Å². The van der Waals surface area contributed by atoms with Gasteiger partial charge in [-0.05, 0) is 12.1 Å². The van der Waals surface area contributed by atoms with E-state index in [0.717, 1.165) is 6.20 Å². The number of halogens is 1. The van der Waals surface area contributed by atoms with Crippen molar-refractivity contribution in [2.45, 2.75) is 0 Å². The Kier molecular flexibility index (Phi) is 2.74. The van der Waals surface area contributed by atoms with Gasteiger partial charge in [0.1, 0.15) is 11.6 Å². The van der Waals surface area contributed by atoms with Gasteiger partial charge in [0.25, 0.3) is 0 Å². The second kappa shape index (κ2) is 4.21. The molecule has 0 saturated carbocycles. The third-order valence-electron chi connectivity index (χ3n) is 2.33. The number of pyridine rings is 1. The highest BCUT2D eigenvalue weighted by Gasteiger charge is 2.12. The summed E-state index contributed by atoms with van der Waals surface area (Å²) >= 11 is 0. The van der Waals surface area contributed by atoms with Crippen LogP contribution in [0.15, 0.2) is 36.5 Å². The summed E-state index contributed by atoms with van der Waals surface area (Å²) in [7, 11) is 0. The number of hydrogen-bond acceptors (Lipinski definition) is 3. The van der Waals surface area contributed by atoms with Gasteiger partial charge in [-0.3, -0.25) is 0 Å². The monoisotopic (exact) mass is 232 g/mol. The average Bonchev–Trinajstić information content (AvgIpc) is 2.30. The minimum absolute atomic E-state index is 0.0301. The van der Waals surface area contributed by atoms with Crippen LogP contribution in [0.3, 0.4) is 0 Å². The van der Waals surface area contributed by atoms with Crippen molar-refractivity contribution >= 4 is 11.8 Å². The Morgan fingerprint density at radius 2 is 2.00 bits per heavy atom. The summed E-state index contributed by atoms with van der Waals surface area (Å²) in [6, 6.07) is 7.30. The Morgan fingerprint density at radius 3 is 2.65 bits per heavy atom. The maximum atomic E-state index is 13.6. The van der Waals surface area contributed by atoms with E-state index < -0.39 is 11.8 Å². The number of benzene rings is 1. The van der Waals surface area contributed by atoms with E-state index in [2.05, 4.69) is 4.98 Å². The number of carboxylic acid groups (broad SMARTS) is 1. The van der Waals surface area contributed by atoms with Gasteiger partial charge < -0.3 is 10.8 Å². The van der Waals surface area contributed by atoms with Crippen LogP contribution in [0, 0.1) is 5.82 Å². The fourth-order valence-corrected chi connectivity index (χ4v) is 1.49. The molecule has 1 aromatic carbocycles. The second-order valence-electron chi connectivity index (χ2n) is 3.44. The van der Waals surface area contributed by atoms with E-state index in [0.29, 0.717) is 0 Å². The van der Waals surface area contributed by atoms with Crippen molar-refractivity contribution in [1.29, 1.82) is 0 Å². The predicted molar refractivity (Wildman–Crippen MR) is 61.0 cm³/mol. The number of hydrogen-bond donors (Lipinski definition) is 2. The van der Waals surface area contributed by atoms with Crippen molar-refractivity contribution in [3.05, 3.63) is 47.9 Å². The third-order valence-corrected chi connectivity index (χ3v) is 2.33. The number of anilines is 1. The molecule has 0 aliphatic carbocycles. The first-order valence-corrected chi connectivity index (χ1v) is 4.83. The molecule has 0 fully saturated rings. The predicted octanol–water partition coefficient (Wildman–Crippen LogP) is 2.17. The third kappa shape index (κ3) is 2.08. The molecule has 2 rings (SSSR count). The molecule has 5 heteroatoms. The first kappa shape index (κ1) is 11.1. The number of rotatable bonds is 2. The number of nitrogen functional groups attached to an aromatic ring is 1. The van der Waals surface area contributed by atoms with Crippen LogP contribution >= 0.6 is 0 Å². The molecule has 0 radical (unpaired) electrons. The average molecular weight is 232 g/mol. The van der Waals surface area contributed by atoms with Crippen molar-refractivity contribution in [2.75, 3.05) is 5.73 Å². The van der Waals surface area contributed by atoms with Gasteiger partial charge in [-0.15, -0.1) is 0 Å². The van der Waals surface area contributed by atoms with Gasteiger partial charge in [0.05, 0.1) is 5.56 Å². The van der Waals surface area contributed by atoms with Crippen LogP contribution in [0.2, 0.25) is 0 Å². The van der Waals surface area contributed by atoms with E-state index in [4.69, 9.17) is 10.8 Å². The number of aromatic nitrogens is 1. The Balaban J connectivity index is 2.63. The topological polar surface area (TPSA) is 76.2 Å². The molecule has 2 aromatic rings. The molecule has 1 heterocycles. The summed E-state index contributed by atoms with van der Waals surface area (Å²) < 4.78 is 13.6. The SMILES string of the molecule is Nc1ncc(C(=O)O)cc1-c1ccccc1F. The molecular weight excluding hydrogens is 223 g/mol. The first-order chi connectivity index (χ1) is 8.09. The summed E-state index contributed by atoms with van der Waals surface area (Å²) in [6.07, 6.45) is 1.14. The molecule has 17 heavy (non-hydrogen) atoms. The molecule has 0 aliphatic heterocycles. The number of aromatic carboxylic acids is 1. The summed E-state index contributed by atoms with van der Waals surface area (Å²) in [5.41, 5.74) is 6.11. The van der Waals surface area contributed by atoms with E-state index in [9.17, 15) is 9.18 Å². The van der Waals surface area contributed by atoms with Crippen LogP contribution in [0.4, 0.5) is 10.2 Å². The van der Waals surface area contributed by atoms with Gasteiger partial charge in [0.2, 0.25) is 0 Å². The van der Waals surface area contributed by atoms with Gasteiger partial charge >= 0.3 is 5.97 Å². The molecule has 0 saturated heterocycles. The van der Waals surface area contributed by atoms with Gasteiger partial charge in [-0.2, -0.15) is 0 Å². The summed E-state index contributed by atoms with van der Waals surface area (Å²) in [5.74, 6) is -1.50. The lowest BCUT2D eigenvalue weighted by molar-refractivity contribution is 0.0696. The van der Waals surface area contributed by atoms with Crippen molar-refractivity contribution in [2.24, 2.45) is 0 Å². The number of nitrogens with two attached hydrogens (primary N) is 1. The normalized spacial score (nSPS) is 10.2. The molecule has 0 aliphatic rings. The van der Waals surface area contributed by atoms with E-state index in [1.807, 2.05) is 0 Å². The van der Waals surface area contributed by atoms with E-state index in [-0.39, 0.29) is 22.5 Å².